The summed E-state index contributed by atoms with van der Waals surface area (Å²) in [5, 5.41) is 3.76. The second-order valence-electron chi connectivity index (χ2n) is 4.37. The summed E-state index contributed by atoms with van der Waals surface area (Å²) in [6, 6.07) is 10.3. The molecule has 0 atom stereocenters. The number of aryl methyl sites for hydroxylation is 2. The van der Waals surface area contributed by atoms with Gasteiger partial charge >= 0.3 is 0 Å². The lowest BCUT2D eigenvalue weighted by molar-refractivity contribution is 0.932. The monoisotopic (exact) mass is 275 g/mol. The van der Waals surface area contributed by atoms with Gasteiger partial charge in [-0.05, 0) is 17.5 Å². The summed E-state index contributed by atoms with van der Waals surface area (Å²) in [6.07, 6.45) is 1.84. The third kappa shape index (κ3) is 3.93. The SMILES string of the molecule is CCc1ccc(CNc2cc(Cl)nc(CC)n2)cc1. The molecule has 1 N–H and O–H groups in total. The van der Waals surface area contributed by atoms with Gasteiger partial charge in [-0.25, -0.2) is 9.97 Å². The number of halogens is 1. The van der Waals surface area contributed by atoms with E-state index in [1.54, 1.807) is 6.07 Å². The van der Waals surface area contributed by atoms with Crippen molar-refractivity contribution in [2.75, 3.05) is 5.32 Å². The maximum Gasteiger partial charge on any atom is 0.134 e. The fraction of sp³-hybridized carbons (Fsp3) is 0.333. The van der Waals surface area contributed by atoms with E-state index in [2.05, 4.69) is 46.5 Å². The predicted molar refractivity (Wildman–Crippen MR) is 79.6 cm³/mol. The van der Waals surface area contributed by atoms with E-state index in [1.807, 2.05) is 6.92 Å². The lowest BCUT2D eigenvalue weighted by Crippen LogP contribution is -2.04. The number of hydrogen-bond acceptors (Lipinski definition) is 3. The minimum Gasteiger partial charge on any atom is -0.366 e. The van der Waals surface area contributed by atoms with Crippen molar-refractivity contribution >= 4 is 17.4 Å². The molecule has 0 spiro atoms. The van der Waals surface area contributed by atoms with Gasteiger partial charge in [0, 0.05) is 19.0 Å². The maximum atomic E-state index is 5.96. The number of rotatable bonds is 5. The predicted octanol–water partition coefficient (Wildman–Crippen LogP) is 3.87. The molecule has 0 bridgehead atoms. The second kappa shape index (κ2) is 6.53. The Hall–Kier alpha value is -1.61. The Labute approximate surface area is 119 Å². The van der Waals surface area contributed by atoms with E-state index in [1.165, 1.54) is 11.1 Å². The molecule has 4 heteroatoms. The molecule has 1 aromatic heterocycles. The highest BCUT2D eigenvalue weighted by Gasteiger charge is 2.01. The van der Waals surface area contributed by atoms with Crippen LogP contribution in [0.15, 0.2) is 30.3 Å². The van der Waals surface area contributed by atoms with E-state index in [0.717, 1.165) is 31.0 Å². The molecule has 2 aromatic rings. The molecule has 0 saturated carbocycles. The van der Waals surface area contributed by atoms with Crippen LogP contribution in [0.2, 0.25) is 5.15 Å². The molecule has 0 saturated heterocycles. The topological polar surface area (TPSA) is 37.8 Å². The van der Waals surface area contributed by atoms with Crippen LogP contribution in [-0.4, -0.2) is 9.97 Å². The van der Waals surface area contributed by atoms with Gasteiger partial charge in [-0.2, -0.15) is 0 Å². The number of anilines is 1. The highest BCUT2D eigenvalue weighted by atomic mass is 35.5. The van der Waals surface area contributed by atoms with Crippen molar-refractivity contribution in [1.82, 2.24) is 9.97 Å². The van der Waals surface area contributed by atoms with Crippen LogP contribution in [0.3, 0.4) is 0 Å². The van der Waals surface area contributed by atoms with Crippen LogP contribution >= 0.6 is 11.6 Å². The first-order valence-corrected chi connectivity index (χ1v) is 6.94. The van der Waals surface area contributed by atoms with Crippen molar-refractivity contribution in [2.24, 2.45) is 0 Å². The van der Waals surface area contributed by atoms with E-state index in [9.17, 15) is 0 Å². The number of aromatic nitrogens is 2. The molecule has 1 heterocycles. The lowest BCUT2D eigenvalue weighted by atomic mass is 10.1. The highest BCUT2D eigenvalue weighted by Crippen LogP contribution is 2.13. The van der Waals surface area contributed by atoms with Crippen LogP contribution in [-0.2, 0) is 19.4 Å². The zero-order chi connectivity index (χ0) is 13.7. The van der Waals surface area contributed by atoms with E-state index >= 15 is 0 Å². The van der Waals surface area contributed by atoms with Crippen LogP contribution in [0, 0.1) is 0 Å². The zero-order valence-electron chi connectivity index (χ0n) is 11.3. The Kier molecular flexibility index (Phi) is 4.74. The average Bonchev–Trinajstić information content (AvgIpc) is 2.45. The first-order chi connectivity index (χ1) is 9.21. The first kappa shape index (κ1) is 13.8. The van der Waals surface area contributed by atoms with Gasteiger partial charge < -0.3 is 5.32 Å². The van der Waals surface area contributed by atoms with Crippen LogP contribution in [0.4, 0.5) is 5.82 Å². The van der Waals surface area contributed by atoms with Crippen LogP contribution < -0.4 is 5.32 Å². The molecule has 0 aliphatic rings. The van der Waals surface area contributed by atoms with Gasteiger partial charge in [-0.3, -0.25) is 0 Å². The van der Waals surface area contributed by atoms with Gasteiger partial charge in [0.15, 0.2) is 0 Å². The number of benzene rings is 1. The molecule has 0 aliphatic heterocycles. The molecule has 0 fully saturated rings. The Morgan fingerprint density at radius 3 is 2.32 bits per heavy atom. The quantitative estimate of drug-likeness (QED) is 0.842. The van der Waals surface area contributed by atoms with Crippen molar-refractivity contribution < 1.29 is 0 Å². The largest absolute Gasteiger partial charge is 0.366 e. The van der Waals surface area contributed by atoms with E-state index < -0.39 is 0 Å². The molecule has 19 heavy (non-hydrogen) atoms. The molecule has 0 radical (unpaired) electrons. The van der Waals surface area contributed by atoms with Gasteiger partial charge in [0.1, 0.15) is 16.8 Å². The van der Waals surface area contributed by atoms with Crippen molar-refractivity contribution in [3.05, 3.63) is 52.4 Å². The normalized spacial score (nSPS) is 10.5. The smallest absolute Gasteiger partial charge is 0.134 e. The second-order valence-corrected chi connectivity index (χ2v) is 4.76. The van der Waals surface area contributed by atoms with Crippen molar-refractivity contribution in [3.63, 3.8) is 0 Å². The summed E-state index contributed by atoms with van der Waals surface area (Å²) in [4.78, 5) is 8.54. The summed E-state index contributed by atoms with van der Waals surface area (Å²) < 4.78 is 0. The molecule has 1 aromatic carbocycles. The van der Waals surface area contributed by atoms with E-state index in [0.29, 0.717) is 5.15 Å². The van der Waals surface area contributed by atoms with Gasteiger partial charge in [0.25, 0.3) is 0 Å². The molecule has 0 amide bonds. The first-order valence-electron chi connectivity index (χ1n) is 6.56. The van der Waals surface area contributed by atoms with E-state index in [4.69, 9.17) is 11.6 Å². The summed E-state index contributed by atoms with van der Waals surface area (Å²) in [6.45, 7) is 4.90. The van der Waals surface area contributed by atoms with Gasteiger partial charge in [0.05, 0.1) is 0 Å². The third-order valence-corrected chi connectivity index (χ3v) is 3.16. The van der Waals surface area contributed by atoms with Crippen LogP contribution in [0.25, 0.3) is 0 Å². The van der Waals surface area contributed by atoms with Crippen LogP contribution in [0.1, 0.15) is 30.8 Å². The molecule has 2 rings (SSSR count). The molecule has 3 nitrogen and oxygen atoms in total. The summed E-state index contributed by atoms with van der Waals surface area (Å²) in [5.74, 6) is 1.53. The minimum atomic E-state index is 0.482. The summed E-state index contributed by atoms with van der Waals surface area (Å²) >= 11 is 5.96. The standard InChI is InChI=1S/C15H18ClN3/c1-3-11-5-7-12(8-6-11)10-17-15-9-13(16)18-14(4-2)19-15/h5-9H,3-4,10H2,1-2H3,(H,17,18,19). The fourth-order valence-electron chi connectivity index (χ4n) is 1.80. The van der Waals surface area contributed by atoms with Crippen molar-refractivity contribution in [3.8, 4) is 0 Å². The summed E-state index contributed by atoms with van der Waals surface area (Å²) in [5.41, 5.74) is 2.58. The minimum absolute atomic E-state index is 0.482. The zero-order valence-corrected chi connectivity index (χ0v) is 12.0. The van der Waals surface area contributed by atoms with Gasteiger partial charge in [-0.15, -0.1) is 0 Å². The number of nitrogens with zero attached hydrogens (tertiary/aromatic N) is 2. The fourth-order valence-corrected chi connectivity index (χ4v) is 2.00. The van der Waals surface area contributed by atoms with Crippen LogP contribution in [0.5, 0.6) is 0 Å². The molecular weight excluding hydrogens is 258 g/mol. The lowest BCUT2D eigenvalue weighted by Gasteiger charge is -2.08. The molecular formula is C15H18ClN3. The molecule has 0 aliphatic carbocycles. The highest BCUT2D eigenvalue weighted by molar-refractivity contribution is 6.29. The average molecular weight is 276 g/mol. The Morgan fingerprint density at radius 2 is 1.68 bits per heavy atom. The van der Waals surface area contributed by atoms with E-state index in [-0.39, 0.29) is 0 Å². The Morgan fingerprint density at radius 1 is 1.00 bits per heavy atom. The molecule has 0 unspecified atom stereocenters. The number of nitrogens with one attached hydrogen (secondary N) is 1. The summed E-state index contributed by atoms with van der Waals surface area (Å²) in [7, 11) is 0. The Balaban J connectivity index is 2.03. The molecule has 100 valence electrons. The van der Waals surface area contributed by atoms with Gasteiger partial charge in [-0.1, -0.05) is 49.7 Å². The van der Waals surface area contributed by atoms with Gasteiger partial charge in [0.2, 0.25) is 0 Å². The van der Waals surface area contributed by atoms with Crippen molar-refractivity contribution in [2.45, 2.75) is 33.2 Å². The number of hydrogen-bond donors (Lipinski definition) is 1. The van der Waals surface area contributed by atoms with Crippen molar-refractivity contribution in [1.29, 1.82) is 0 Å². The maximum absolute atomic E-state index is 5.96. The third-order valence-electron chi connectivity index (χ3n) is 2.96. The Bertz CT molecular complexity index is 538.